The molecule has 24 heavy (non-hydrogen) atoms. The average molecular weight is 335 g/mol. The summed E-state index contributed by atoms with van der Waals surface area (Å²) in [5, 5.41) is 3.31. The van der Waals surface area contributed by atoms with Gasteiger partial charge in [-0.2, -0.15) is 0 Å². The maximum Gasteiger partial charge on any atom is 0.410 e. The zero-order chi connectivity index (χ0) is 17.7. The van der Waals surface area contributed by atoms with E-state index in [0.717, 1.165) is 12.8 Å². The van der Waals surface area contributed by atoms with Gasteiger partial charge in [-0.1, -0.05) is 6.07 Å². The first-order valence-corrected chi connectivity index (χ1v) is 8.08. The van der Waals surface area contributed by atoms with Crippen LogP contribution in [0.4, 0.5) is 10.6 Å². The van der Waals surface area contributed by atoms with E-state index in [0.29, 0.717) is 18.9 Å². The van der Waals surface area contributed by atoms with Crippen LogP contribution in [0.2, 0.25) is 0 Å². The number of nitrogens with zero attached hydrogens (tertiary/aromatic N) is 2. The van der Waals surface area contributed by atoms with Gasteiger partial charge in [0.25, 0.3) is 0 Å². The topological polar surface area (TPSA) is 80.8 Å². The molecule has 0 radical (unpaired) electrons. The quantitative estimate of drug-likeness (QED) is 0.856. The molecule has 1 aromatic rings. The van der Waals surface area contributed by atoms with Crippen molar-refractivity contribution in [3.05, 3.63) is 23.9 Å². The first-order chi connectivity index (χ1) is 11.3. The second-order valence-corrected chi connectivity index (χ2v) is 6.79. The minimum absolute atomic E-state index is 0.198. The normalized spacial score (nSPS) is 15.8. The SMILES string of the molecule is COC(=O)c1cccc(NC2CCN(C(=O)OC(C)(C)C)CC2)n1. The molecule has 1 saturated heterocycles. The standard InChI is InChI=1S/C17H25N3O4/c1-17(2,3)24-16(22)20-10-8-12(9-11-20)18-14-7-5-6-13(19-14)15(21)23-4/h5-7,12H,8-11H2,1-4H3,(H,18,19). The summed E-state index contributed by atoms with van der Waals surface area (Å²) in [4.78, 5) is 29.5. The number of hydrogen-bond acceptors (Lipinski definition) is 6. The van der Waals surface area contributed by atoms with Gasteiger partial charge >= 0.3 is 12.1 Å². The Hall–Kier alpha value is -2.31. The lowest BCUT2D eigenvalue weighted by atomic mass is 10.1. The highest BCUT2D eigenvalue weighted by atomic mass is 16.6. The molecule has 0 spiro atoms. The number of anilines is 1. The van der Waals surface area contributed by atoms with Crippen LogP contribution < -0.4 is 5.32 Å². The van der Waals surface area contributed by atoms with Gasteiger partial charge in [-0.15, -0.1) is 0 Å². The van der Waals surface area contributed by atoms with Crippen molar-refractivity contribution >= 4 is 17.9 Å². The van der Waals surface area contributed by atoms with Crippen LogP contribution in [0.3, 0.4) is 0 Å². The first-order valence-electron chi connectivity index (χ1n) is 8.08. The first kappa shape index (κ1) is 18.0. The minimum Gasteiger partial charge on any atom is -0.464 e. The highest BCUT2D eigenvalue weighted by molar-refractivity contribution is 5.87. The summed E-state index contributed by atoms with van der Waals surface area (Å²) in [7, 11) is 1.33. The Morgan fingerprint density at radius 1 is 1.25 bits per heavy atom. The Morgan fingerprint density at radius 2 is 1.92 bits per heavy atom. The number of methoxy groups -OCH3 is 1. The van der Waals surface area contributed by atoms with Crippen molar-refractivity contribution < 1.29 is 19.1 Å². The van der Waals surface area contributed by atoms with Crippen LogP contribution in [-0.4, -0.2) is 53.8 Å². The molecule has 0 bridgehead atoms. The number of rotatable bonds is 3. The summed E-state index contributed by atoms with van der Waals surface area (Å²) in [6.07, 6.45) is 1.32. The molecule has 0 saturated carbocycles. The van der Waals surface area contributed by atoms with Gasteiger partial charge in [-0.05, 0) is 45.7 Å². The fourth-order valence-corrected chi connectivity index (χ4v) is 2.48. The molecular weight excluding hydrogens is 310 g/mol. The van der Waals surface area contributed by atoms with E-state index in [1.165, 1.54) is 7.11 Å². The van der Waals surface area contributed by atoms with Gasteiger partial charge in [-0.25, -0.2) is 14.6 Å². The average Bonchev–Trinajstić information content (AvgIpc) is 2.53. The van der Waals surface area contributed by atoms with E-state index < -0.39 is 11.6 Å². The van der Waals surface area contributed by atoms with E-state index in [4.69, 9.17) is 4.74 Å². The number of likely N-dealkylation sites (tertiary alicyclic amines) is 1. The molecule has 0 unspecified atom stereocenters. The lowest BCUT2D eigenvalue weighted by Gasteiger charge is -2.33. The van der Waals surface area contributed by atoms with E-state index in [9.17, 15) is 9.59 Å². The molecule has 132 valence electrons. The van der Waals surface area contributed by atoms with Crippen molar-refractivity contribution in [2.75, 3.05) is 25.5 Å². The summed E-state index contributed by atoms with van der Waals surface area (Å²) < 4.78 is 10.1. The van der Waals surface area contributed by atoms with Gasteiger partial charge in [-0.3, -0.25) is 0 Å². The molecule has 0 atom stereocenters. The Kier molecular flexibility index (Phi) is 5.64. The molecule has 7 heteroatoms. The van der Waals surface area contributed by atoms with Crippen LogP contribution in [0.5, 0.6) is 0 Å². The van der Waals surface area contributed by atoms with Crippen molar-refractivity contribution in [1.29, 1.82) is 0 Å². The van der Waals surface area contributed by atoms with Gasteiger partial charge < -0.3 is 19.7 Å². The second-order valence-electron chi connectivity index (χ2n) is 6.79. The maximum absolute atomic E-state index is 12.1. The van der Waals surface area contributed by atoms with Crippen LogP contribution in [0.25, 0.3) is 0 Å². The highest BCUT2D eigenvalue weighted by Crippen LogP contribution is 2.18. The van der Waals surface area contributed by atoms with Gasteiger partial charge in [0.1, 0.15) is 11.4 Å². The molecule has 2 rings (SSSR count). The second kappa shape index (κ2) is 7.51. The van der Waals surface area contributed by atoms with E-state index in [1.807, 2.05) is 26.8 Å². The number of ether oxygens (including phenoxy) is 2. The Balaban J connectivity index is 1.87. The van der Waals surface area contributed by atoms with E-state index in [1.54, 1.807) is 17.0 Å². The molecule has 1 N–H and O–H groups in total. The van der Waals surface area contributed by atoms with Crippen LogP contribution in [0, 0.1) is 0 Å². The summed E-state index contributed by atoms with van der Waals surface area (Å²) in [6, 6.07) is 5.38. The molecule has 1 fully saturated rings. The van der Waals surface area contributed by atoms with Gasteiger partial charge in [0.15, 0.2) is 5.69 Å². The van der Waals surface area contributed by atoms with Crippen molar-refractivity contribution in [2.24, 2.45) is 0 Å². The molecule has 1 aliphatic rings. The Labute approximate surface area is 142 Å². The zero-order valence-electron chi connectivity index (χ0n) is 14.7. The number of piperidine rings is 1. The predicted octanol–water partition coefficient (Wildman–Crippen LogP) is 2.68. The molecule has 0 aliphatic carbocycles. The molecule has 0 aromatic carbocycles. The molecule has 2 heterocycles. The summed E-state index contributed by atoms with van der Waals surface area (Å²) in [5.41, 5.74) is -0.210. The smallest absolute Gasteiger partial charge is 0.410 e. The van der Waals surface area contributed by atoms with Crippen LogP contribution in [-0.2, 0) is 9.47 Å². The molecule has 1 amide bonds. The van der Waals surface area contributed by atoms with Gasteiger partial charge in [0.2, 0.25) is 0 Å². The van der Waals surface area contributed by atoms with Gasteiger partial charge in [0, 0.05) is 19.1 Å². The van der Waals surface area contributed by atoms with Crippen molar-refractivity contribution in [2.45, 2.75) is 45.3 Å². The van der Waals surface area contributed by atoms with Crippen LogP contribution >= 0.6 is 0 Å². The third-order valence-electron chi connectivity index (χ3n) is 3.64. The third-order valence-corrected chi connectivity index (χ3v) is 3.64. The van der Waals surface area contributed by atoms with Gasteiger partial charge in [0.05, 0.1) is 7.11 Å². The molecular formula is C17H25N3O4. The number of amides is 1. The summed E-state index contributed by atoms with van der Waals surface area (Å²) >= 11 is 0. The van der Waals surface area contributed by atoms with Crippen LogP contribution in [0.15, 0.2) is 18.2 Å². The highest BCUT2D eigenvalue weighted by Gasteiger charge is 2.27. The monoisotopic (exact) mass is 335 g/mol. The van der Waals surface area contributed by atoms with Crippen molar-refractivity contribution in [3.63, 3.8) is 0 Å². The van der Waals surface area contributed by atoms with E-state index in [2.05, 4.69) is 15.0 Å². The Morgan fingerprint density at radius 3 is 2.50 bits per heavy atom. The van der Waals surface area contributed by atoms with Crippen molar-refractivity contribution in [1.82, 2.24) is 9.88 Å². The fraction of sp³-hybridized carbons (Fsp3) is 0.588. The lowest BCUT2D eigenvalue weighted by molar-refractivity contribution is 0.0210. The molecule has 1 aromatic heterocycles. The largest absolute Gasteiger partial charge is 0.464 e. The number of carbonyl (C=O) groups is 2. The Bertz CT molecular complexity index is 590. The number of hydrogen-bond donors (Lipinski definition) is 1. The number of esters is 1. The van der Waals surface area contributed by atoms with E-state index in [-0.39, 0.29) is 17.8 Å². The predicted molar refractivity (Wildman–Crippen MR) is 90.0 cm³/mol. The van der Waals surface area contributed by atoms with E-state index >= 15 is 0 Å². The van der Waals surface area contributed by atoms with Crippen molar-refractivity contribution in [3.8, 4) is 0 Å². The number of aromatic nitrogens is 1. The zero-order valence-corrected chi connectivity index (χ0v) is 14.7. The minimum atomic E-state index is -0.482. The lowest BCUT2D eigenvalue weighted by Crippen LogP contribution is -2.44. The number of pyridine rings is 1. The molecule has 1 aliphatic heterocycles. The summed E-state index contributed by atoms with van der Waals surface area (Å²) in [6.45, 7) is 6.84. The van der Waals surface area contributed by atoms with Crippen LogP contribution in [0.1, 0.15) is 44.1 Å². The summed E-state index contributed by atoms with van der Waals surface area (Å²) in [5.74, 6) is 0.173. The fourth-order valence-electron chi connectivity index (χ4n) is 2.48. The molecule has 7 nitrogen and oxygen atoms in total. The third kappa shape index (κ3) is 5.11. The maximum atomic E-state index is 12.1. The number of nitrogens with one attached hydrogen (secondary N) is 1. The number of carbonyl (C=O) groups excluding carboxylic acids is 2.